The van der Waals surface area contributed by atoms with Crippen LogP contribution in [0.25, 0.3) is 0 Å². The Kier molecular flexibility index (Phi) is 5.47. The van der Waals surface area contributed by atoms with Crippen LogP contribution in [0.15, 0.2) is 84.9 Å². The van der Waals surface area contributed by atoms with Crippen molar-refractivity contribution in [2.75, 3.05) is 0 Å². The maximum atomic E-state index is 12.3. The van der Waals surface area contributed by atoms with Crippen LogP contribution in [0.5, 0.6) is 11.5 Å². The molecular formula is C22H20O3. The first-order valence-electron chi connectivity index (χ1n) is 8.25. The molecule has 1 atom stereocenters. The van der Waals surface area contributed by atoms with E-state index in [1.807, 2.05) is 72.8 Å². The first-order chi connectivity index (χ1) is 12.2. The lowest BCUT2D eigenvalue weighted by molar-refractivity contribution is 0.0818. The minimum atomic E-state index is -0.543. The Hall–Kier alpha value is -3.07. The lowest BCUT2D eigenvalue weighted by atomic mass is 10.1. The molecule has 3 heteroatoms. The Labute approximate surface area is 147 Å². The highest BCUT2D eigenvalue weighted by molar-refractivity contribution is 5.99. The fourth-order valence-electron chi connectivity index (χ4n) is 2.45. The molecule has 0 radical (unpaired) electrons. The third kappa shape index (κ3) is 4.70. The topological polar surface area (TPSA) is 35.5 Å². The first kappa shape index (κ1) is 16.8. The average Bonchev–Trinajstić information content (AvgIpc) is 2.68. The van der Waals surface area contributed by atoms with Crippen molar-refractivity contribution in [2.24, 2.45) is 0 Å². The Bertz CT molecular complexity index is 796. The van der Waals surface area contributed by atoms with Gasteiger partial charge in [0.2, 0.25) is 5.78 Å². The van der Waals surface area contributed by atoms with E-state index in [0.717, 1.165) is 11.3 Å². The van der Waals surface area contributed by atoms with Crippen LogP contribution < -0.4 is 9.47 Å². The zero-order valence-corrected chi connectivity index (χ0v) is 14.1. The minimum absolute atomic E-state index is 0.0370. The summed E-state index contributed by atoms with van der Waals surface area (Å²) in [6.45, 7) is 2.28. The smallest absolute Gasteiger partial charge is 0.202 e. The van der Waals surface area contributed by atoms with Crippen molar-refractivity contribution in [3.05, 3.63) is 96.1 Å². The molecule has 0 saturated heterocycles. The summed E-state index contributed by atoms with van der Waals surface area (Å²) in [5.74, 6) is 1.37. The van der Waals surface area contributed by atoms with Crippen LogP contribution in [0.4, 0.5) is 0 Å². The van der Waals surface area contributed by atoms with Gasteiger partial charge in [-0.1, -0.05) is 60.7 Å². The highest BCUT2D eigenvalue weighted by Crippen LogP contribution is 2.20. The average molecular weight is 332 g/mol. The zero-order valence-electron chi connectivity index (χ0n) is 14.1. The quantitative estimate of drug-likeness (QED) is 0.576. The molecule has 3 rings (SSSR count). The van der Waals surface area contributed by atoms with E-state index in [4.69, 9.17) is 9.47 Å². The molecular weight excluding hydrogens is 312 g/mol. The van der Waals surface area contributed by atoms with E-state index in [-0.39, 0.29) is 5.78 Å². The van der Waals surface area contributed by atoms with Crippen LogP contribution >= 0.6 is 0 Å². The molecule has 0 saturated carbocycles. The van der Waals surface area contributed by atoms with Crippen molar-refractivity contribution < 1.29 is 14.3 Å². The predicted molar refractivity (Wildman–Crippen MR) is 98.1 cm³/mol. The standard InChI is InChI=1S/C22H20O3/c1-17(22(23)19-10-6-3-7-11-19)25-21-14-12-20(13-15-21)24-16-18-8-4-2-5-9-18/h2-15,17H,16H2,1H3. The van der Waals surface area contributed by atoms with Gasteiger partial charge in [0.25, 0.3) is 0 Å². The fraction of sp³-hybridized carbons (Fsp3) is 0.136. The lowest BCUT2D eigenvalue weighted by Crippen LogP contribution is -2.23. The molecule has 3 aromatic rings. The zero-order chi connectivity index (χ0) is 17.5. The van der Waals surface area contributed by atoms with E-state index in [2.05, 4.69) is 0 Å². The molecule has 0 aliphatic heterocycles. The molecule has 0 aromatic heterocycles. The SMILES string of the molecule is CC(Oc1ccc(OCc2ccccc2)cc1)C(=O)c1ccccc1. The molecule has 3 nitrogen and oxygen atoms in total. The van der Waals surface area contributed by atoms with Crippen LogP contribution in [0.1, 0.15) is 22.8 Å². The number of hydrogen-bond donors (Lipinski definition) is 0. The van der Waals surface area contributed by atoms with Gasteiger partial charge in [-0.3, -0.25) is 4.79 Å². The van der Waals surface area contributed by atoms with Crippen LogP contribution in [-0.2, 0) is 6.61 Å². The summed E-state index contributed by atoms with van der Waals surface area (Å²) in [5.41, 5.74) is 1.77. The number of rotatable bonds is 7. The Morgan fingerprint density at radius 2 is 1.36 bits per heavy atom. The molecule has 0 aliphatic carbocycles. The van der Waals surface area contributed by atoms with E-state index in [0.29, 0.717) is 17.9 Å². The number of hydrogen-bond acceptors (Lipinski definition) is 3. The molecule has 0 amide bonds. The summed E-state index contributed by atoms with van der Waals surface area (Å²) >= 11 is 0. The van der Waals surface area contributed by atoms with Gasteiger partial charge in [-0.2, -0.15) is 0 Å². The fourth-order valence-corrected chi connectivity index (χ4v) is 2.45. The van der Waals surface area contributed by atoms with Gasteiger partial charge in [0.1, 0.15) is 18.1 Å². The molecule has 0 spiro atoms. The van der Waals surface area contributed by atoms with Gasteiger partial charge in [0.05, 0.1) is 0 Å². The Morgan fingerprint density at radius 3 is 2.00 bits per heavy atom. The maximum Gasteiger partial charge on any atom is 0.202 e. The third-order valence-corrected chi connectivity index (χ3v) is 3.81. The lowest BCUT2D eigenvalue weighted by Gasteiger charge is -2.14. The van der Waals surface area contributed by atoms with Crippen LogP contribution in [0.2, 0.25) is 0 Å². The van der Waals surface area contributed by atoms with Crippen molar-refractivity contribution in [1.82, 2.24) is 0 Å². The molecule has 0 bridgehead atoms. The predicted octanol–water partition coefficient (Wildman–Crippen LogP) is 4.92. The molecule has 126 valence electrons. The Morgan fingerprint density at radius 1 is 0.800 bits per heavy atom. The second kappa shape index (κ2) is 8.15. The summed E-state index contributed by atoms with van der Waals surface area (Å²) in [7, 11) is 0. The summed E-state index contributed by atoms with van der Waals surface area (Å²) < 4.78 is 11.5. The van der Waals surface area contributed by atoms with Crippen molar-refractivity contribution in [2.45, 2.75) is 19.6 Å². The van der Waals surface area contributed by atoms with E-state index in [1.165, 1.54) is 0 Å². The number of ether oxygens (including phenoxy) is 2. The number of Topliss-reactive ketones (excluding diaryl/α,β-unsaturated/α-hetero) is 1. The van der Waals surface area contributed by atoms with Crippen molar-refractivity contribution in [3.8, 4) is 11.5 Å². The second-order valence-corrected chi connectivity index (χ2v) is 5.74. The van der Waals surface area contributed by atoms with Gasteiger partial charge in [-0.05, 0) is 36.8 Å². The van der Waals surface area contributed by atoms with Gasteiger partial charge in [-0.25, -0.2) is 0 Å². The molecule has 0 fully saturated rings. The number of benzene rings is 3. The second-order valence-electron chi connectivity index (χ2n) is 5.74. The molecule has 0 N–H and O–H groups in total. The molecule has 0 aliphatic rings. The molecule has 1 unspecified atom stereocenters. The summed E-state index contributed by atoms with van der Waals surface area (Å²) in [6, 6.07) is 26.5. The first-order valence-corrected chi connectivity index (χ1v) is 8.25. The van der Waals surface area contributed by atoms with Gasteiger partial charge in [-0.15, -0.1) is 0 Å². The largest absolute Gasteiger partial charge is 0.489 e. The van der Waals surface area contributed by atoms with Crippen LogP contribution in [0.3, 0.4) is 0 Å². The molecule has 3 aromatic carbocycles. The third-order valence-electron chi connectivity index (χ3n) is 3.81. The van der Waals surface area contributed by atoms with Gasteiger partial charge >= 0.3 is 0 Å². The van der Waals surface area contributed by atoms with Crippen molar-refractivity contribution in [1.29, 1.82) is 0 Å². The summed E-state index contributed by atoms with van der Waals surface area (Å²) in [4.78, 5) is 12.3. The van der Waals surface area contributed by atoms with E-state index in [1.54, 1.807) is 19.1 Å². The minimum Gasteiger partial charge on any atom is -0.489 e. The van der Waals surface area contributed by atoms with E-state index >= 15 is 0 Å². The monoisotopic (exact) mass is 332 g/mol. The number of carbonyl (C=O) groups excluding carboxylic acids is 1. The molecule has 0 heterocycles. The number of ketones is 1. The normalized spacial score (nSPS) is 11.6. The highest BCUT2D eigenvalue weighted by Gasteiger charge is 2.16. The van der Waals surface area contributed by atoms with Crippen LogP contribution in [0, 0.1) is 0 Å². The molecule has 25 heavy (non-hydrogen) atoms. The van der Waals surface area contributed by atoms with Gasteiger partial charge < -0.3 is 9.47 Å². The summed E-state index contributed by atoms with van der Waals surface area (Å²) in [5, 5.41) is 0. The summed E-state index contributed by atoms with van der Waals surface area (Å²) in [6.07, 6.45) is -0.543. The highest BCUT2D eigenvalue weighted by atomic mass is 16.5. The van der Waals surface area contributed by atoms with Crippen molar-refractivity contribution in [3.63, 3.8) is 0 Å². The van der Waals surface area contributed by atoms with E-state index < -0.39 is 6.10 Å². The number of carbonyl (C=O) groups is 1. The Balaban J connectivity index is 1.56. The van der Waals surface area contributed by atoms with Crippen LogP contribution in [-0.4, -0.2) is 11.9 Å². The van der Waals surface area contributed by atoms with Crippen molar-refractivity contribution >= 4 is 5.78 Å². The van der Waals surface area contributed by atoms with E-state index in [9.17, 15) is 4.79 Å². The maximum absolute atomic E-state index is 12.3. The van der Waals surface area contributed by atoms with Gasteiger partial charge in [0.15, 0.2) is 6.10 Å². The van der Waals surface area contributed by atoms with Gasteiger partial charge in [0, 0.05) is 5.56 Å².